The topological polar surface area (TPSA) is 60.5 Å². The van der Waals surface area contributed by atoms with Crippen LogP contribution in [0.5, 0.6) is 0 Å². The number of hydrogen-bond donors (Lipinski definition) is 0. The maximum absolute atomic E-state index is 9.36. The Balaban J connectivity index is 1.23. The molecule has 0 N–H and O–H groups in total. The molecule has 0 unspecified atom stereocenters. The molecule has 1 heterocycles. The molecule has 0 atom stereocenters. The molecule has 0 amide bonds. The van der Waals surface area contributed by atoms with Gasteiger partial charge in [-0.1, -0.05) is 158 Å². The summed E-state index contributed by atoms with van der Waals surface area (Å²) in [4.78, 5) is 5.51. The van der Waals surface area contributed by atoms with E-state index in [2.05, 4.69) is 164 Å². The van der Waals surface area contributed by atoms with Gasteiger partial charge in [-0.3, -0.25) is 0 Å². The van der Waals surface area contributed by atoms with Gasteiger partial charge in [-0.25, -0.2) is 4.98 Å². The number of aromatic nitrogens is 1. The summed E-state index contributed by atoms with van der Waals surface area (Å²) in [6.07, 6.45) is 0. The van der Waals surface area contributed by atoms with Crippen LogP contribution in [0.1, 0.15) is 11.1 Å². The van der Waals surface area contributed by atoms with Crippen molar-refractivity contribution in [1.29, 1.82) is 10.5 Å². The highest BCUT2D eigenvalue weighted by atomic mass is 14.7. The summed E-state index contributed by atoms with van der Waals surface area (Å²) in [5.41, 5.74) is 13.9. The van der Waals surface area contributed by atoms with Gasteiger partial charge in [-0.2, -0.15) is 10.5 Å². The van der Waals surface area contributed by atoms with Crippen LogP contribution in [-0.4, -0.2) is 4.98 Å². The third-order valence-corrected chi connectivity index (χ3v) is 11.2. The molecule has 0 radical (unpaired) electrons. The average molecular weight is 736 g/mol. The average Bonchev–Trinajstić information content (AvgIpc) is 3.30. The third-order valence-electron chi connectivity index (χ3n) is 11.2. The van der Waals surface area contributed by atoms with Gasteiger partial charge < -0.3 is 0 Å². The first kappa shape index (κ1) is 34.4. The first-order chi connectivity index (χ1) is 28.6. The van der Waals surface area contributed by atoms with Gasteiger partial charge in [0, 0.05) is 16.5 Å². The zero-order valence-electron chi connectivity index (χ0n) is 31.4. The minimum absolute atomic E-state index is 0.641. The van der Waals surface area contributed by atoms with Gasteiger partial charge >= 0.3 is 0 Å². The van der Waals surface area contributed by atoms with E-state index < -0.39 is 0 Å². The molecule has 0 saturated carbocycles. The maximum Gasteiger partial charge on any atom is 0.0991 e. The highest BCUT2D eigenvalue weighted by molar-refractivity contribution is 6.12. The Morgan fingerprint density at radius 2 is 0.759 bits per heavy atom. The van der Waals surface area contributed by atoms with Crippen LogP contribution in [0.3, 0.4) is 0 Å². The minimum atomic E-state index is 0.641. The van der Waals surface area contributed by atoms with Gasteiger partial charge in [0.1, 0.15) is 0 Å². The smallest absolute Gasteiger partial charge is 0.0991 e. The van der Waals surface area contributed by atoms with Crippen molar-refractivity contribution in [3.05, 3.63) is 211 Å². The predicted octanol–water partition coefficient (Wildman–Crippen LogP) is 14.3. The number of rotatable bonds is 6. The molecule has 58 heavy (non-hydrogen) atoms. The lowest BCUT2D eigenvalue weighted by Gasteiger charge is -2.18. The van der Waals surface area contributed by atoms with E-state index in [1.165, 1.54) is 32.7 Å². The Hall–Kier alpha value is -8.11. The van der Waals surface area contributed by atoms with E-state index in [1.807, 2.05) is 48.5 Å². The number of hydrogen-bond acceptors (Lipinski definition) is 3. The van der Waals surface area contributed by atoms with Gasteiger partial charge in [-0.15, -0.1) is 0 Å². The lowest BCUT2D eigenvalue weighted by Crippen LogP contribution is -1.95. The molecule has 10 rings (SSSR count). The van der Waals surface area contributed by atoms with E-state index in [0.717, 1.165) is 66.7 Å². The Labute approximate surface area is 337 Å². The summed E-state index contributed by atoms with van der Waals surface area (Å²) in [5, 5.41) is 25.6. The second-order valence-corrected chi connectivity index (χ2v) is 14.6. The molecule has 0 aliphatic heterocycles. The Morgan fingerprint density at radius 1 is 0.310 bits per heavy atom. The fourth-order valence-electron chi connectivity index (χ4n) is 8.17. The van der Waals surface area contributed by atoms with Crippen LogP contribution >= 0.6 is 0 Å². The molecular formula is C55H33N3. The zero-order valence-corrected chi connectivity index (χ0v) is 31.4. The third kappa shape index (κ3) is 6.24. The Morgan fingerprint density at radius 3 is 1.31 bits per heavy atom. The normalized spacial score (nSPS) is 11.1. The molecule has 0 saturated heterocycles. The number of fused-ring (bicyclic) bond motifs is 3. The molecule has 0 aliphatic carbocycles. The highest BCUT2D eigenvalue weighted by Crippen LogP contribution is 2.43. The van der Waals surface area contributed by atoms with Gasteiger partial charge in [-0.05, 0) is 114 Å². The van der Waals surface area contributed by atoms with Gasteiger partial charge in [0.05, 0.1) is 34.7 Å². The molecule has 0 bridgehead atoms. The molecule has 0 spiro atoms. The van der Waals surface area contributed by atoms with Crippen molar-refractivity contribution in [2.24, 2.45) is 0 Å². The molecular weight excluding hydrogens is 703 g/mol. The van der Waals surface area contributed by atoms with Crippen molar-refractivity contribution in [1.82, 2.24) is 4.98 Å². The first-order valence-electron chi connectivity index (χ1n) is 19.3. The fourth-order valence-corrected chi connectivity index (χ4v) is 8.17. The van der Waals surface area contributed by atoms with E-state index in [0.29, 0.717) is 11.1 Å². The van der Waals surface area contributed by atoms with E-state index in [9.17, 15) is 10.5 Å². The van der Waals surface area contributed by atoms with E-state index in [1.54, 1.807) is 0 Å². The number of nitrogens with zero attached hydrogens (tertiary/aromatic N) is 3. The summed E-state index contributed by atoms with van der Waals surface area (Å²) in [5.74, 6) is 0. The van der Waals surface area contributed by atoms with Crippen molar-refractivity contribution in [2.45, 2.75) is 0 Å². The fraction of sp³-hybridized carbons (Fsp3) is 0. The molecule has 10 aromatic rings. The summed E-state index contributed by atoms with van der Waals surface area (Å²) < 4.78 is 0. The van der Waals surface area contributed by atoms with Crippen LogP contribution in [0, 0.1) is 22.7 Å². The minimum Gasteiger partial charge on any atom is -0.247 e. The van der Waals surface area contributed by atoms with Gasteiger partial charge in [0.15, 0.2) is 0 Å². The molecule has 0 aliphatic rings. The summed E-state index contributed by atoms with van der Waals surface area (Å²) in [6.45, 7) is 0. The highest BCUT2D eigenvalue weighted by Gasteiger charge is 2.18. The molecule has 1 aromatic heterocycles. The molecule has 3 heteroatoms. The Bertz CT molecular complexity index is 3250. The molecule has 3 nitrogen and oxygen atoms in total. The summed E-state index contributed by atoms with van der Waals surface area (Å²) in [6, 6.07) is 74.2. The lowest BCUT2D eigenvalue weighted by molar-refractivity contribution is 1.35. The summed E-state index contributed by atoms with van der Waals surface area (Å²) in [7, 11) is 0. The van der Waals surface area contributed by atoms with Crippen LogP contribution in [0.2, 0.25) is 0 Å². The lowest BCUT2D eigenvalue weighted by atomic mass is 9.87. The van der Waals surface area contributed by atoms with Crippen LogP contribution in [0.15, 0.2) is 200 Å². The van der Waals surface area contributed by atoms with Crippen LogP contribution in [-0.2, 0) is 0 Å². The van der Waals surface area contributed by atoms with Crippen molar-refractivity contribution in [3.63, 3.8) is 0 Å². The van der Waals surface area contributed by atoms with Crippen LogP contribution in [0.25, 0.3) is 99.3 Å². The predicted molar refractivity (Wildman–Crippen MR) is 239 cm³/mol. The quantitative estimate of drug-likeness (QED) is 0.171. The molecule has 0 fully saturated rings. The monoisotopic (exact) mass is 735 g/mol. The largest absolute Gasteiger partial charge is 0.247 e. The number of benzene rings is 9. The molecule has 9 aromatic carbocycles. The van der Waals surface area contributed by atoms with Crippen LogP contribution in [0.4, 0.5) is 0 Å². The SMILES string of the molecule is N#Cc1ccc(-c2ccc(-c3cc4c(-c5cccc6ccccc56)cc(-c5cccc6ccccc56)cc4c(-c4ccc(-c5ccc(C#N)cc5)cc4)n3)cc2)cc1. The number of pyridine rings is 1. The zero-order chi connectivity index (χ0) is 39.0. The van der Waals surface area contributed by atoms with Crippen LogP contribution < -0.4 is 0 Å². The standard InChI is InChI=1S/C55H33N3/c56-34-36-15-19-38(20-16-36)40-23-27-44(28-24-40)54-33-52-51(50-14-6-10-43-8-2-4-12-48(43)50)31-46(49-13-5-9-42-7-1-3-11-47(42)49)32-53(52)55(58-54)45-29-25-41(26-30-45)39-21-17-37(35-57)18-22-39/h1-33H. The first-order valence-corrected chi connectivity index (χ1v) is 19.3. The van der Waals surface area contributed by atoms with Crippen molar-refractivity contribution in [2.75, 3.05) is 0 Å². The maximum atomic E-state index is 9.36. The Kier molecular flexibility index (Phi) is 8.61. The van der Waals surface area contributed by atoms with Crippen molar-refractivity contribution < 1.29 is 0 Å². The second kappa shape index (κ2) is 14.5. The van der Waals surface area contributed by atoms with E-state index >= 15 is 0 Å². The second-order valence-electron chi connectivity index (χ2n) is 14.6. The number of nitriles is 2. The van der Waals surface area contributed by atoms with Gasteiger partial charge in [0.25, 0.3) is 0 Å². The van der Waals surface area contributed by atoms with E-state index in [4.69, 9.17) is 4.98 Å². The van der Waals surface area contributed by atoms with Gasteiger partial charge in [0.2, 0.25) is 0 Å². The summed E-state index contributed by atoms with van der Waals surface area (Å²) >= 11 is 0. The van der Waals surface area contributed by atoms with Crippen molar-refractivity contribution >= 4 is 32.3 Å². The van der Waals surface area contributed by atoms with E-state index in [-0.39, 0.29) is 0 Å². The van der Waals surface area contributed by atoms with Crippen molar-refractivity contribution in [3.8, 4) is 79.2 Å². The molecule has 268 valence electrons.